The molecule has 1 rings (SSSR count). The molecule has 172 valence electrons. The first-order valence-electron chi connectivity index (χ1n) is 12.9. The van der Waals surface area contributed by atoms with Crippen molar-refractivity contribution in [3.63, 3.8) is 0 Å². The van der Waals surface area contributed by atoms with Gasteiger partial charge in [-0.3, -0.25) is 4.79 Å². The number of hydrogen-bond acceptors (Lipinski definition) is 2. The van der Waals surface area contributed by atoms with E-state index in [4.69, 9.17) is 0 Å². The third-order valence-electron chi connectivity index (χ3n) is 6.75. The summed E-state index contributed by atoms with van der Waals surface area (Å²) in [6.45, 7) is 16.0. The van der Waals surface area contributed by atoms with Gasteiger partial charge in [-0.15, -0.1) is 0 Å². The number of nitrogens with zero attached hydrogens (tertiary/aromatic N) is 1. The number of hydrogen-bond donors (Lipinski definition) is 1. The Morgan fingerprint density at radius 2 is 1.24 bits per heavy atom. The smallest absolute Gasteiger partial charge is 0.220 e. The Morgan fingerprint density at radius 3 is 1.76 bits per heavy atom. The average molecular weight is 409 g/mol. The summed E-state index contributed by atoms with van der Waals surface area (Å²) in [6.07, 6.45) is 15.5. The van der Waals surface area contributed by atoms with Gasteiger partial charge >= 0.3 is 0 Å². The van der Waals surface area contributed by atoms with Crippen molar-refractivity contribution in [2.24, 2.45) is 23.7 Å². The predicted octanol–water partition coefficient (Wildman–Crippen LogP) is 6.66. The van der Waals surface area contributed by atoms with Gasteiger partial charge in [0, 0.05) is 19.5 Å². The van der Waals surface area contributed by atoms with Gasteiger partial charge in [-0.2, -0.15) is 0 Å². The van der Waals surface area contributed by atoms with E-state index in [1.807, 2.05) is 0 Å². The van der Waals surface area contributed by atoms with Crippen molar-refractivity contribution < 1.29 is 4.79 Å². The molecule has 3 heteroatoms. The molecule has 1 amide bonds. The molecule has 1 saturated heterocycles. The highest BCUT2D eigenvalue weighted by Gasteiger charge is 2.13. The van der Waals surface area contributed by atoms with E-state index in [1.54, 1.807) is 0 Å². The van der Waals surface area contributed by atoms with Crippen LogP contribution in [0.4, 0.5) is 0 Å². The molecule has 1 fully saturated rings. The standard InChI is InChI=1S/C26H52N2O/c1-22(2)11-8-12-23(3)13-9-14-24(4)15-10-16-25(5)21-26(29)27-17-20-28-18-6-7-19-28/h22-25H,6-21H2,1-5H3,(H,27,29). The van der Waals surface area contributed by atoms with Gasteiger partial charge < -0.3 is 10.2 Å². The van der Waals surface area contributed by atoms with Crippen molar-refractivity contribution in [3.8, 4) is 0 Å². The Balaban J connectivity index is 1.96. The summed E-state index contributed by atoms with van der Waals surface area (Å²) >= 11 is 0. The van der Waals surface area contributed by atoms with Crippen molar-refractivity contribution in [3.05, 3.63) is 0 Å². The molecule has 3 nitrogen and oxygen atoms in total. The van der Waals surface area contributed by atoms with Crippen LogP contribution in [-0.2, 0) is 4.79 Å². The lowest BCUT2D eigenvalue weighted by molar-refractivity contribution is -0.122. The number of carbonyl (C=O) groups excluding carboxylic acids is 1. The average Bonchev–Trinajstić information content (AvgIpc) is 3.14. The van der Waals surface area contributed by atoms with E-state index in [-0.39, 0.29) is 5.91 Å². The maximum absolute atomic E-state index is 12.1. The molecule has 1 aliphatic heterocycles. The number of nitrogens with one attached hydrogen (secondary N) is 1. The molecular weight excluding hydrogens is 356 g/mol. The molecule has 0 saturated carbocycles. The highest BCUT2D eigenvalue weighted by molar-refractivity contribution is 5.76. The lowest BCUT2D eigenvalue weighted by atomic mass is 9.90. The lowest BCUT2D eigenvalue weighted by Gasteiger charge is -2.17. The van der Waals surface area contributed by atoms with Crippen LogP contribution >= 0.6 is 0 Å². The maximum Gasteiger partial charge on any atom is 0.220 e. The van der Waals surface area contributed by atoms with E-state index in [0.29, 0.717) is 12.3 Å². The summed E-state index contributed by atoms with van der Waals surface area (Å²) in [7, 11) is 0. The summed E-state index contributed by atoms with van der Waals surface area (Å²) in [5.74, 6) is 3.33. The van der Waals surface area contributed by atoms with Crippen LogP contribution in [0.1, 0.15) is 112 Å². The fourth-order valence-electron chi connectivity index (χ4n) is 4.64. The van der Waals surface area contributed by atoms with E-state index in [2.05, 4.69) is 44.8 Å². The SMILES string of the molecule is CC(C)CCCC(C)CCCC(C)CCCC(C)CC(=O)NCCN1CCCC1. The molecule has 3 atom stereocenters. The minimum absolute atomic E-state index is 0.246. The zero-order valence-corrected chi connectivity index (χ0v) is 20.5. The largest absolute Gasteiger partial charge is 0.355 e. The molecule has 0 aliphatic carbocycles. The number of amides is 1. The summed E-state index contributed by atoms with van der Waals surface area (Å²) in [5, 5.41) is 3.12. The van der Waals surface area contributed by atoms with E-state index in [9.17, 15) is 4.79 Å². The van der Waals surface area contributed by atoms with E-state index >= 15 is 0 Å². The summed E-state index contributed by atoms with van der Waals surface area (Å²) in [6, 6.07) is 0. The van der Waals surface area contributed by atoms with Crippen molar-refractivity contribution in [2.75, 3.05) is 26.2 Å². The highest BCUT2D eigenvalue weighted by atomic mass is 16.1. The topological polar surface area (TPSA) is 32.3 Å². The molecule has 0 bridgehead atoms. The van der Waals surface area contributed by atoms with Crippen LogP contribution < -0.4 is 5.32 Å². The zero-order valence-electron chi connectivity index (χ0n) is 20.5. The van der Waals surface area contributed by atoms with Crippen LogP contribution in [0.3, 0.4) is 0 Å². The zero-order chi connectivity index (χ0) is 21.5. The number of likely N-dealkylation sites (tertiary alicyclic amines) is 1. The van der Waals surface area contributed by atoms with Crippen LogP contribution in [0.2, 0.25) is 0 Å². The van der Waals surface area contributed by atoms with Crippen LogP contribution in [0.5, 0.6) is 0 Å². The molecule has 0 aromatic heterocycles. The molecule has 29 heavy (non-hydrogen) atoms. The molecule has 1 heterocycles. The van der Waals surface area contributed by atoms with Gasteiger partial charge in [0.05, 0.1) is 0 Å². The van der Waals surface area contributed by atoms with E-state index in [1.165, 1.54) is 83.7 Å². The Hall–Kier alpha value is -0.570. The minimum Gasteiger partial charge on any atom is -0.355 e. The van der Waals surface area contributed by atoms with E-state index in [0.717, 1.165) is 30.8 Å². The van der Waals surface area contributed by atoms with Crippen molar-refractivity contribution in [1.29, 1.82) is 0 Å². The molecule has 1 aliphatic rings. The molecule has 0 radical (unpaired) electrons. The lowest BCUT2D eigenvalue weighted by Crippen LogP contribution is -2.34. The first-order valence-corrected chi connectivity index (χ1v) is 12.9. The van der Waals surface area contributed by atoms with Gasteiger partial charge in [-0.25, -0.2) is 0 Å². The van der Waals surface area contributed by atoms with Gasteiger partial charge in [-0.1, -0.05) is 92.4 Å². The monoisotopic (exact) mass is 408 g/mol. The van der Waals surface area contributed by atoms with Crippen LogP contribution in [0, 0.1) is 23.7 Å². The Labute approximate surface area is 182 Å². The Morgan fingerprint density at radius 1 is 0.759 bits per heavy atom. The number of carbonyl (C=O) groups is 1. The fourth-order valence-corrected chi connectivity index (χ4v) is 4.64. The minimum atomic E-state index is 0.246. The highest BCUT2D eigenvalue weighted by Crippen LogP contribution is 2.22. The second-order valence-electron chi connectivity index (χ2n) is 10.6. The van der Waals surface area contributed by atoms with Gasteiger partial charge in [0.25, 0.3) is 0 Å². The fraction of sp³-hybridized carbons (Fsp3) is 0.962. The normalized spacial score (nSPS) is 18.1. The molecule has 0 spiro atoms. The summed E-state index contributed by atoms with van der Waals surface area (Å²) < 4.78 is 0. The Bertz CT molecular complexity index is 404. The third-order valence-corrected chi connectivity index (χ3v) is 6.75. The molecular formula is C26H52N2O. The second-order valence-corrected chi connectivity index (χ2v) is 10.6. The van der Waals surface area contributed by atoms with Crippen LogP contribution in [0.25, 0.3) is 0 Å². The quantitative estimate of drug-likeness (QED) is 0.292. The van der Waals surface area contributed by atoms with Crippen LogP contribution in [-0.4, -0.2) is 37.0 Å². The molecule has 0 aromatic carbocycles. The first-order chi connectivity index (χ1) is 13.9. The molecule has 3 unspecified atom stereocenters. The van der Waals surface area contributed by atoms with Crippen molar-refractivity contribution in [2.45, 2.75) is 112 Å². The summed E-state index contributed by atoms with van der Waals surface area (Å²) in [4.78, 5) is 14.6. The van der Waals surface area contributed by atoms with Gasteiger partial charge in [0.1, 0.15) is 0 Å². The number of rotatable bonds is 17. The van der Waals surface area contributed by atoms with E-state index < -0.39 is 0 Å². The summed E-state index contributed by atoms with van der Waals surface area (Å²) in [5.41, 5.74) is 0. The van der Waals surface area contributed by atoms with Gasteiger partial charge in [0.15, 0.2) is 0 Å². The predicted molar refractivity (Wildman–Crippen MR) is 127 cm³/mol. The second kappa shape index (κ2) is 16.2. The van der Waals surface area contributed by atoms with Gasteiger partial charge in [-0.05, 0) is 49.6 Å². The molecule has 1 N–H and O–H groups in total. The van der Waals surface area contributed by atoms with Gasteiger partial charge in [0.2, 0.25) is 5.91 Å². The third kappa shape index (κ3) is 15.0. The first kappa shape index (κ1) is 26.5. The van der Waals surface area contributed by atoms with Crippen molar-refractivity contribution >= 4 is 5.91 Å². The molecule has 0 aromatic rings. The maximum atomic E-state index is 12.1. The van der Waals surface area contributed by atoms with Crippen LogP contribution in [0.15, 0.2) is 0 Å². The Kier molecular flexibility index (Phi) is 14.8. The van der Waals surface area contributed by atoms with Crippen molar-refractivity contribution in [1.82, 2.24) is 10.2 Å².